The zero-order valence-electron chi connectivity index (χ0n) is 13.4. The molecule has 3 rings (SSSR count). The lowest BCUT2D eigenvalue weighted by molar-refractivity contribution is 0.0662. The van der Waals surface area contributed by atoms with Gasteiger partial charge in [0, 0.05) is 24.8 Å². The summed E-state index contributed by atoms with van der Waals surface area (Å²) in [7, 11) is 0. The molecule has 1 aromatic carbocycles. The number of carbonyl (C=O) groups excluding carboxylic acids is 1. The molecule has 1 aliphatic heterocycles. The van der Waals surface area contributed by atoms with E-state index in [0.29, 0.717) is 31.6 Å². The fourth-order valence-electron chi connectivity index (χ4n) is 3.26. The lowest BCUT2D eigenvalue weighted by atomic mass is 9.91. The summed E-state index contributed by atoms with van der Waals surface area (Å²) in [6.45, 7) is 1.32. The van der Waals surface area contributed by atoms with Crippen LogP contribution in [0.5, 0.6) is 0 Å². The predicted molar refractivity (Wildman–Crippen MR) is 87.5 cm³/mol. The summed E-state index contributed by atoms with van der Waals surface area (Å²) in [4.78, 5) is 18.4. The van der Waals surface area contributed by atoms with Gasteiger partial charge in [0.05, 0.1) is 0 Å². The summed E-state index contributed by atoms with van der Waals surface area (Å²) in [5, 5.41) is 0. The smallest absolute Gasteiger partial charge is 0.272 e. The molecule has 24 heavy (non-hydrogen) atoms. The number of piperidine rings is 1. The van der Waals surface area contributed by atoms with Crippen molar-refractivity contribution in [3.63, 3.8) is 0 Å². The van der Waals surface area contributed by atoms with E-state index in [4.69, 9.17) is 0 Å². The quantitative estimate of drug-likeness (QED) is 0.853. The maximum absolute atomic E-state index is 13.7. The van der Waals surface area contributed by atoms with Crippen molar-refractivity contribution in [1.82, 2.24) is 9.88 Å². The Hall–Kier alpha value is -2.30. The molecule has 2 heterocycles. The van der Waals surface area contributed by atoms with E-state index in [9.17, 15) is 13.6 Å². The van der Waals surface area contributed by atoms with E-state index in [1.54, 1.807) is 29.3 Å². The molecule has 1 atom stereocenters. The zero-order valence-corrected chi connectivity index (χ0v) is 13.4. The Labute approximate surface area is 140 Å². The van der Waals surface area contributed by atoms with Crippen LogP contribution in [0.25, 0.3) is 0 Å². The maximum Gasteiger partial charge on any atom is 0.272 e. The molecule has 1 saturated heterocycles. The highest BCUT2D eigenvalue weighted by atomic mass is 19.1. The van der Waals surface area contributed by atoms with Crippen LogP contribution in [0.4, 0.5) is 8.78 Å². The average molecular weight is 330 g/mol. The number of benzene rings is 1. The number of amides is 1. The van der Waals surface area contributed by atoms with Crippen LogP contribution in [0.3, 0.4) is 0 Å². The van der Waals surface area contributed by atoms with Crippen molar-refractivity contribution in [3.05, 3.63) is 65.5 Å². The Morgan fingerprint density at radius 2 is 1.96 bits per heavy atom. The lowest BCUT2D eigenvalue weighted by Crippen LogP contribution is -2.40. The topological polar surface area (TPSA) is 33.2 Å². The molecule has 0 spiro atoms. The molecular weight excluding hydrogens is 310 g/mol. The monoisotopic (exact) mass is 330 g/mol. The third-order valence-corrected chi connectivity index (χ3v) is 4.55. The highest BCUT2D eigenvalue weighted by Crippen LogP contribution is 2.24. The molecule has 1 aliphatic rings. The van der Waals surface area contributed by atoms with E-state index in [1.165, 1.54) is 18.2 Å². The Balaban J connectivity index is 1.61. The van der Waals surface area contributed by atoms with E-state index in [1.807, 2.05) is 0 Å². The fourth-order valence-corrected chi connectivity index (χ4v) is 3.26. The van der Waals surface area contributed by atoms with E-state index in [-0.39, 0.29) is 17.4 Å². The third-order valence-electron chi connectivity index (χ3n) is 4.55. The van der Waals surface area contributed by atoms with Gasteiger partial charge in [-0.3, -0.25) is 9.78 Å². The van der Waals surface area contributed by atoms with Gasteiger partial charge in [0.25, 0.3) is 5.91 Å². The van der Waals surface area contributed by atoms with Crippen molar-refractivity contribution in [1.29, 1.82) is 0 Å². The van der Waals surface area contributed by atoms with Crippen LogP contribution < -0.4 is 0 Å². The van der Waals surface area contributed by atoms with Gasteiger partial charge in [-0.2, -0.15) is 0 Å². The van der Waals surface area contributed by atoms with Gasteiger partial charge < -0.3 is 4.90 Å². The molecule has 126 valence electrons. The van der Waals surface area contributed by atoms with Crippen molar-refractivity contribution < 1.29 is 13.6 Å². The summed E-state index contributed by atoms with van der Waals surface area (Å²) >= 11 is 0. The Kier molecular flexibility index (Phi) is 5.18. The van der Waals surface area contributed by atoms with Crippen LogP contribution in [0.1, 0.15) is 35.3 Å². The Morgan fingerprint density at radius 1 is 1.17 bits per heavy atom. The second-order valence-corrected chi connectivity index (χ2v) is 6.21. The largest absolute Gasteiger partial charge is 0.337 e. The zero-order chi connectivity index (χ0) is 16.9. The molecular formula is C19H20F2N2O. The average Bonchev–Trinajstić information content (AvgIpc) is 2.62. The predicted octanol–water partition coefficient (Wildman–Crippen LogP) is 3.84. The number of nitrogens with zero attached hydrogens (tertiary/aromatic N) is 2. The minimum atomic E-state index is -0.493. The maximum atomic E-state index is 13.7. The van der Waals surface area contributed by atoms with Crippen molar-refractivity contribution in [2.24, 2.45) is 5.92 Å². The van der Waals surface area contributed by atoms with E-state index in [2.05, 4.69) is 4.98 Å². The first kappa shape index (κ1) is 16.6. The summed E-state index contributed by atoms with van der Waals surface area (Å²) in [5.74, 6) is -0.803. The van der Waals surface area contributed by atoms with E-state index >= 15 is 0 Å². The second-order valence-electron chi connectivity index (χ2n) is 6.21. The number of rotatable bonds is 4. The number of pyridine rings is 1. The van der Waals surface area contributed by atoms with Crippen LogP contribution in [0.2, 0.25) is 0 Å². The molecule has 1 amide bonds. The van der Waals surface area contributed by atoms with Gasteiger partial charge in [0.2, 0.25) is 0 Å². The first-order valence-electron chi connectivity index (χ1n) is 8.28. The van der Waals surface area contributed by atoms with Gasteiger partial charge in [-0.15, -0.1) is 0 Å². The Morgan fingerprint density at radius 3 is 2.67 bits per heavy atom. The van der Waals surface area contributed by atoms with Crippen LogP contribution in [-0.2, 0) is 6.42 Å². The van der Waals surface area contributed by atoms with Crippen LogP contribution in [0.15, 0.2) is 42.6 Å². The molecule has 0 bridgehead atoms. The molecule has 5 heteroatoms. The number of carbonyl (C=O) groups is 1. The van der Waals surface area contributed by atoms with Crippen LogP contribution in [-0.4, -0.2) is 28.9 Å². The van der Waals surface area contributed by atoms with Crippen molar-refractivity contribution in [2.75, 3.05) is 13.1 Å². The van der Waals surface area contributed by atoms with Gasteiger partial charge in [0.1, 0.15) is 17.3 Å². The highest BCUT2D eigenvalue weighted by Gasteiger charge is 2.25. The molecule has 0 radical (unpaired) electrons. The number of likely N-dealkylation sites (tertiary alicyclic amines) is 1. The number of hydrogen-bond acceptors (Lipinski definition) is 2. The third kappa shape index (κ3) is 3.78. The summed E-state index contributed by atoms with van der Waals surface area (Å²) in [6, 6.07) is 9.23. The van der Waals surface area contributed by atoms with Gasteiger partial charge >= 0.3 is 0 Å². The number of hydrogen-bond donors (Lipinski definition) is 0. The van der Waals surface area contributed by atoms with E-state index < -0.39 is 11.6 Å². The summed E-state index contributed by atoms with van der Waals surface area (Å²) in [5.41, 5.74) is 0.587. The molecule has 1 aromatic heterocycles. The lowest BCUT2D eigenvalue weighted by Gasteiger charge is -2.32. The molecule has 0 N–H and O–H groups in total. The van der Waals surface area contributed by atoms with Crippen molar-refractivity contribution in [3.8, 4) is 0 Å². The summed E-state index contributed by atoms with van der Waals surface area (Å²) < 4.78 is 27.4. The van der Waals surface area contributed by atoms with Gasteiger partial charge in [0.15, 0.2) is 0 Å². The molecule has 3 nitrogen and oxygen atoms in total. The first-order valence-corrected chi connectivity index (χ1v) is 8.28. The van der Waals surface area contributed by atoms with E-state index in [0.717, 1.165) is 12.8 Å². The number of aromatic nitrogens is 1. The minimum Gasteiger partial charge on any atom is -0.337 e. The Bertz CT molecular complexity index is 686. The fraction of sp³-hybridized carbons (Fsp3) is 0.368. The van der Waals surface area contributed by atoms with Gasteiger partial charge in [-0.25, -0.2) is 8.78 Å². The highest BCUT2D eigenvalue weighted by molar-refractivity contribution is 5.92. The van der Waals surface area contributed by atoms with Gasteiger partial charge in [-0.05, 0) is 55.9 Å². The SMILES string of the molecule is O=C(c1ccccn1)N1CCCC(CCc2c(F)cccc2F)C1. The van der Waals surface area contributed by atoms with Crippen LogP contribution >= 0.6 is 0 Å². The van der Waals surface area contributed by atoms with Crippen molar-refractivity contribution in [2.45, 2.75) is 25.7 Å². The van der Waals surface area contributed by atoms with Crippen LogP contribution in [0, 0.1) is 17.6 Å². The molecule has 1 unspecified atom stereocenters. The standard InChI is InChI=1S/C19H20F2N2O/c20-16-6-3-7-17(21)15(16)10-9-14-5-4-12-23(13-14)19(24)18-8-1-2-11-22-18/h1-3,6-8,11,14H,4-5,9-10,12-13H2. The second kappa shape index (κ2) is 7.51. The normalized spacial score (nSPS) is 17.8. The molecule has 0 saturated carbocycles. The minimum absolute atomic E-state index is 0.0719. The number of halogens is 2. The first-order chi connectivity index (χ1) is 11.6. The molecule has 0 aliphatic carbocycles. The molecule has 2 aromatic rings. The summed E-state index contributed by atoms with van der Waals surface area (Å²) in [6.07, 6.45) is 4.51. The van der Waals surface area contributed by atoms with Crippen molar-refractivity contribution >= 4 is 5.91 Å². The molecule has 1 fully saturated rings. The van der Waals surface area contributed by atoms with Gasteiger partial charge in [-0.1, -0.05) is 12.1 Å².